The van der Waals surface area contributed by atoms with E-state index < -0.39 is 0 Å². The molecule has 0 bridgehead atoms. The predicted octanol–water partition coefficient (Wildman–Crippen LogP) is 1.88. The van der Waals surface area contributed by atoms with E-state index in [-0.39, 0.29) is 12.4 Å². The monoisotopic (exact) mass is 254 g/mol. The zero-order valence-electron chi connectivity index (χ0n) is 11.0. The summed E-state index contributed by atoms with van der Waals surface area (Å²) in [7, 11) is 0. The van der Waals surface area contributed by atoms with Crippen molar-refractivity contribution in [2.75, 3.05) is 19.7 Å². The molecule has 0 aliphatic carbocycles. The van der Waals surface area contributed by atoms with Crippen molar-refractivity contribution in [2.24, 2.45) is 5.73 Å². The molecular formula is C14H23FN2O. The van der Waals surface area contributed by atoms with Crippen molar-refractivity contribution in [3.8, 4) is 0 Å². The van der Waals surface area contributed by atoms with Crippen LogP contribution in [0.2, 0.25) is 0 Å². The molecule has 0 atom stereocenters. The van der Waals surface area contributed by atoms with Crippen molar-refractivity contribution in [3.63, 3.8) is 0 Å². The minimum absolute atomic E-state index is 0.142. The largest absolute Gasteiger partial charge is 0.395 e. The first-order valence-electron chi connectivity index (χ1n) is 6.51. The maximum atomic E-state index is 13.1. The van der Waals surface area contributed by atoms with Gasteiger partial charge >= 0.3 is 0 Å². The average Bonchev–Trinajstić information content (AvgIpc) is 2.38. The van der Waals surface area contributed by atoms with E-state index >= 15 is 0 Å². The number of benzene rings is 1. The van der Waals surface area contributed by atoms with Gasteiger partial charge in [0.15, 0.2) is 0 Å². The van der Waals surface area contributed by atoms with E-state index in [0.29, 0.717) is 19.6 Å². The number of unbranched alkanes of at least 4 members (excludes halogenated alkanes) is 1. The van der Waals surface area contributed by atoms with Crippen molar-refractivity contribution in [2.45, 2.75) is 32.9 Å². The van der Waals surface area contributed by atoms with Gasteiger partial charge in [-0.15, -0.1) is 0 Å². The highest BCUT2D eigenvalue weighted by Crippen LogP contribution is 2.14. The van der Waals surface area contributed by atoms with Crippen LogP contribution < -0.4 is 5.73 Å². The summed E-state index contributed by atoms with van der Waals surface area (Å²) in [6.07, 6.45) is 2.22. The van der Waals surface area contributed by atoms with Crippen molar-refractivity contribution in [3.05, 3.63) is 35.1 Å². The third-order valence-electron chi connectivity index (χ3n) is 3.03. The molecule has 3 nitrogen and oxygen atoms in total. The number of nitrogens with two attached hydrogens (primary N) is 1. The minimum Gasteiger partial charge on any atom is -0.395 e. The lowest BCUT2D eigenvalue weighted by atomic mass is 10.1. The predicted molar refractivity (Wildman–Crippen MR) is 71.6 cm³/mol. The maximum Gasteiger partial charge on any atom is 0.123 e. The highest BCUT2D eigenvalue weighted by atomic mass is 19.1. The van der Waals surface area contributed by atoms with E-state index in [0.717, 1.165) is 30.5 Å². The lowest BCUT2D eigenvalue weighted by molar-refractivity contribution is 0.188. The second kappa shape index (κ2) is 8.19. The van der Waals surface area contributed by atoms with Crippen LogP contribution in [-0.4, -0.2) is 29.7 Å². The molecule has 0 fully saturated rings. The number of aliphatic hydroxyl groups is 1. The average molecular weight is 254 g/mol. The first kappa shape index (κ1) is 15.1. The molecule has 0 aromatic heterocycles. The molecule has 0 heterocycles. The fourth-order valence-electron chi connectivity index (χ4n) is 1.97. The molecule has 1 aromatic carbocycles. The molecule has 1 aromatic rings. The van der Waals surface area contributed by atoms with Gasteiger partial charge in [0.25, 0.3) is 0 Å². The third-order valence-corrected chi connectivity index (χ3v) is 3.03. The number of hydrogen-bond donors (Lipinski definition) is 2. The molecule has 1 rings (SSSR count). The minimum atomic E-state index is -0.249. The van der Waals surface area contributed by atoms with Gasteiger partial charge in [-0.25, -0.2) is 4.39 Å². The Bertz CT molecular complexity index is 358. The van der Waals surface area contributed by atoms with E-state index in [4.69, 9.17) is 10.8 Å². The van der Waals surface area contributed by atoms with Gasteiger partial charge in [0, 0.05) is 19.6 Å². The van der Waals surface area contributed by atoms with Crippen molar-refractivity contribution in [1.82, 2.24) is 4.90 Å². The molecule has 0 saturated carbocycles. The summed E-state index contributed by atoms with van der Waals surface area (Å²) in [4.78, 5) is 2.18. The van der Waals surface area contributed by atoms with Crippen LogP contribution in [0.1, 0.15) is 30.9 Å². The maximum absolute atomic E-state index is 13.1. The fraction of sp³-hybridized carbons (Fsp3) is 0.571. The molecule has 0 amide bonds. The van der Waals surface area contributed by atoms with E-state index in [1.54, 1.807) is 6.07 Å². The number of rotatable bonds is 8. The fourth-order valence-corrected chi connectivity index (χ4v) is 1.97. The topological polar surface area (TPSA) is 49.5 Å². The molecule has 0 aliphatic heterocycles. The van der Waals surface area contributed by atoms with Gasteiger partial charge in [-0.05, 0) is 36.2 Å². The van der Waals surface area contributed by atoms with Crippen LogP contribution in [0.3, 0.4) is 0 Å². The second-order valence-electron chi connectivity index (χ2n) is 4.47. The van der Waals surface area contributed by atoms with E-state index in [1.807, 2.05) is 0 Å². The SMILES string of the molecule is CCCCN(CCO)Cc1ccc(F)cc1CN. The van der Waals surface area contributed by atoms with Gasteiger partial charge in [-0.1, -0.05) is 19.4 Å². The lowest BCUT2D eigenvalue weighted by Gasteiger charge is -2.22. The standard InChI is InChI=1S/C14H23FN2O/c1-2-3-6-17(7-8-18)11-12-4-5-14(15)9-13(12)10-16/h4-5,9,18H,2-3,6-8,10-11,16H2,1H3. The molecule has 0 saturated heterocycles. The number of nitrogens with zero attached hydrogens (tertiary/aromatic N) is 1. The van der Waals surface area contributed by atoms with E-state index in [9.17, 15) is 4.39 Å². The Kier molecular flexibility index (Phi) is 6.86. The Morgan fingerprint density at radius 3 is 2.67 bits per heavy atom. The van der Waals surface area contributed by atoms with Gasteiger partial charge in [-0.2, -0.15) is 0 Å². The van der Waals surface area contributed by atoms with Crippen LogP contribution in [0.5, 0.6) is 0 Å². The van der Waals surface area contributed by atoms with Crippen molar-refractivity contribution in [1.29, 1.82) is 0 Å². The molecule has 102 valence electrons. The molecule has 0 unspecified atom stereocenters. The van der Waals surface area contributed by atoms with E-state index in [1.165, 1.54) is 12.1 Å². The summed E-state index contributed by atoms with van der Waals surface area (Å²) in [6, 6.07) is 4.74. The normalized spacial score (nSPS) is 11.2. The zero-order valence-corrected chi connectivity index (χ0v) is 11.0. The van der Waals surface area contributed by atoms with Gasteiger partial charge < -0.3 is 10.8 Å². The molecule has 18 heavy (non-hydrogen) atoms. The zero-order chi connectivity index (χ0) is 13.4. The van der Waals surface area contributed by atoms with Crippen molar-refractivity contribution >= 4 is 0 Å². The Balaban J connectivity index is 2.72. The summed E-state index contributed by atoms with van der Waals surface area (Å²) < 4.78 is 13.1. The summed E-state index contributed by atoms with van der Waals surface area (Å²) >= 11 is 0. The van der Waals surface area contributed by atoms with Crippen LogP contribution >= 0.6 is 0 Å². The van der Waals surface area contributed by atoms with Crippen molar-refractivity contribution < 1.29 is 9.50 Å². The third kappa shape index (κ3) is 4.72. The first-order chi connectivity index (χ1) is 8.71. The lowest BCUT2D eigenvalue weighted by Crippen LogP contribution is -2.28. The van der Waals surface area contributed by atoms with Gasteiger partial charge in [0.1, 0.15) is 5.82 Å². The number of hydrogen-bond acceptors (Lipinski definition) is 3. The summed E-state index contributed by atoms with van der Waals surface area (Å²) in [5.41, 5.74) is 7.52. The molecule has 0 aliphatic rings. The highest BCUT2D eigenvalue weighted by molar-refractivity contribution is 5.27. The molecule has 0 spiro atoms. The Morgan fingerprint density at radius 2 is 2.06 bits per heavy atom. The number of aliphatic hydroxyl groups excluding tert-OH is 1. The second-order valence-corrected chi connectivity index (χ2v) is 4.47. The Hall–Kier alpha value is -0.970. The summed E-state index contributed by atoms with van der Waals surface area (Å²) in [6.45, 7) is 4.92. The molecular weight excluding hydrogens is 231 g/mol. The van der Waals surface area contributed by atoms with Crippen LogP contribution in [-0.2, 0) is 13.1 Å². The van der Waals surface area contributed by atoms with Crippen LogP contribution in [0, 0.1) is 5.82 Å². The van der Waals surface area contributed by atoms with Crippen LogP contribution in [0.15, 0.2) is 18.2 Å². The van der Waals surface area contributed by atoms with Crippen LogP contribution in [0.25, 0.3) is 0 Å². The Morgan fingerprint density at radius 1 is 1.28 bits per heavy atom. The smallest absolute Gasteiger partial charge is 0.123 e. The highest BCUT2D eigenvalue weighted by Gasteiger charge is 2.08. The molecule has 3 N–H and O–H groups in total. The molecule has 4 heteroatoms. The summed E-state index contributed by atoms with van der Waals surface area (Å²) in [5.74, 6) is -0.249. The molecule has 0 radical (unpaired) electrons. The number of halogens is 1. The quantitative estimate of drug-likeness (QED) is 0.744. The van der Waals surface area contributed by atoms with Gasteiger partial charge in [0.2, 0.25) is 0 Å². The summed E-state index contributed by atoms with van der Waals surface area (Å²) in [5, 5.41) is 9.06. The van der Waals surface area contributed by atoms with Gasteiger partial charge in [0.05, 0.1) is 6.61 Å². The van der Waals surface area contributed by atoms with E-state index in [2.05, 4.69) is 11.8 Å². The Labute approximate surface area is 108 Å². The first-order valence-corrected chi connectivity index (χ1v) is 6.51. The van der Waals surface area contributed by atoms with Gasteiger partial charge in [-0.3, -0.25) is 4.90 Å². The van der Waals surface area contributed by atoms with Crippen LogP contribution in [0.4, 0.5) is 4.39 Å².